The lowest BCUT2D eigenvalue weighted by atomic mass is 10.1. The number of hydrogen-bond acceptors (Lipinski definition) is 2. The van der Waals surface area contributed by atoms with Gasteiger partial charge in [-0.05, 0) is 36.6 Å². The monoisotopic (exact) mass is 361 g/mol. The minimum Gasteiger partial charge on any atom is -1.00 e. The predicted octanol–water partition coefficient (Wildman–Crippen LogP) is 0.00110. The molecule has 0 spiro atoms. The van der Waals surface area contributed by atoms with Crippen molar-refractivity contribution in [3.63, 3.8) is 0 Å². The van der Waals surface area contributed by atoms with E-state index >= 15 is 0 Å². The van der Waals surface area contributed by atoms with Gasteiger partial charge in [0, 0.05) is 6.42 Å². The van der Waals surface area contributed by atoms with Crippen LogP contribution >= 0.6 is 0 Å². The standard InChI is InChI=1S/C21H27NO2.ClH/c1-4-8-18-11-12-20(21(16-18)23-3)24-14-13-22-17(2)15-19-9-6-5-7-10-19;/h4-7,9-12,16-17,22H,1,8,13-15H2,2-3H3;1H. The Balaban J connectivity index is 0.00000312. The number of quaternary nitrogens is 1. The minimum absolute atomic E-state index is 0. The molecular weight excluding hydrogens is 334 g/mol. The molecule has 0 saturated carbocycles. The van der Waals surface area contributed by atoms with E-state index < -0.39 is 0 Å². The van der Waals surface area contributed by atoms with Crippen LogP contribution in [0.2, 0.25) is 0 Å². The molecule has 25 heavy (non-hydrogen) atoms. The second kappa shape index (κ2) is 11.6. The Hall–Kier alpha value is -1.97. The number of halogens is 1. The second-order valence-electron chi connectivity index (χ2n) is 6.02. The smallest absolute Gasteiger partial charge is 0.161 e. The molecule has 0 radical (unpaired) electrons. The summed E-state index contributed by atoms with van der Waals surface area (Å²) < 4.78 is 11.3. The third-order valence-electron chi connectivity index (χ3n) is 3.95. The normalized spacial score (nSPS) is 11.3. The molecule has 0 heterocycles. The molecule has 3 nitrogen and oxygen atoms in total. The number of nitrogens with two attached hydrogens (primary N) is 1. The van der Waals surface area contributed by atoms with Gasteiger partial charge in [0.15, 0.2) is 11.5 Å². The summed E-state index contributed by atoms with van der Waals surface area (Å²) in [5, 5.41) is 2.32. The van der Waals surface area contributed by atoms with Gasteiger partial charge >= 0.3 is 0 Å². The molecule has 2 N–H and O–H groups in total. The molecule has 0 aliphatic carbocycles. The van der Waals surface area contributed by atoms with Crippen LogP contribution in [-0.2, 0) is 12.8 Å². The van der Waals surface area contributed by atoms with Crippen molar-refractivity contribution < 1.29 is 27.2 Å². The highest BCUT2D eigenvalue weighted by molar-refractivity contribution is 5.43. The number of benzene rings is 2. The molecule has 0 bridgehead atoms. The highest BCUT2D eigenvalue weighted by atomic mass is 35.5. The topological polar surface area (TPSA) is 35.1 Å². The van der Waals surface area contributed by atoms with E-state index in [1.54, 1.807) is 7.11 Å². The molecule has 2 aromatic rings. The van der Waals surface area contributed by atoms with E-state index in [0.717, 1.165) is 30.9 Å². The molecule has 2 aromatic carbocycles. The zero-order valence-electron chi connectivity index (χ0n) is 15.1. The van der Waals surface area contributed by atoms with E-state index in [0.29, 0.717) is 12.6 Å². The van der Waals surface area contributed by atoms with Crippen LogP contribution in [0.1, 0.15) is 18.1 Å². The first kappa shape index (κ1) is 21.1. The molecule has 0 amide bonds. The maximum atomic E-state index is 5.88. The largest absolute Gasteiger partial charge is 1.00 e. The second-order valence-corrected chi connectivity index (χ2v) is 6.02. The Bertz CT molecular complexity index is 631. The van der Waals surface area contributed by atoms with Crippen molar-refractivity contribution in [2.75, 3.05) is 20.3 Å². The van der Waals surface area contributed by atoms with E-state index in [4.69, 9.17) is 9.47 Å². The maximum Gasteiger partial charge on any atom is 0.161 e. The summed E-state index contributed by atoms with van der Waals surface area (Å²) in [4.78, 5) is 0. The van der Waals surface area contributed by atoms with Crippen LogP contribution in [0, 0.1) is 0 Å². The lowest BCUT2D eigenvalue weighted by Gasteiger charge is -2.13. The van der Waals surface area contributed by atoms with Crippen molar-refractivity contribution in [3.05, 3.63) is 72.3 Å². The molecule has 136 valence electrons. The zero-order valence-corrected chi connectivity index (χ0v) is 15.8. The number of ether oxygens (including phenoxy) is 2. The summed E-state index contributed by atoms with van der Waals surface area (Å²) in [6.07, 6.45) is 3.79. The number of rotatable bonds is 10. The van der Waals surface area contributed by atoms with Gasteiger partial charge in [0.25, 0.3) is 0 Å². The van der Waals surface area contributed by atoms with E-state index in [-0.39, 0.29) is 12.4 Å². The molecular formula is C21H28ClNO2. The number of methoxy groups -OCH3 is 1. The van der Waals surface area contributed by atoms with Crippen molar-refractivity contribution in [3.8, 4) is 11.5 Å². The van der Waals surface area contributed by atoms with E-state index in [1.807, 2.05) is 18.2 Å². The summed E-state index contributed by atoms with van der Waals surface area (Å²) in [6.45, 7) is 7.60. The van der Waals surface area contributed by atoms with Crippen molar-refractivity contribution in [2.45, 2.75) is 25.8 Å². The van der Waals surface area contributed by atoms with Gasteiger partial charge in [0.1, 0.15) is 13.2 Å². The number of hydrogen-bond donors (Lipinski definition) is 1. The molecule has 0 aromatic heterocycles. The van der Waals surface area contributed by atoms with Crippen molar-refractivity contribution in [1.82, 2.24) is 0 Å². The van der Waals surface area contributed by atoms with Crippen LogP contribution in [0.15, 0.2) is 61.2 Å². The zero-order chi connectivity index (χ0) is 17.2. The fraction of sp³-hybridized carbons (Fsp3) is 0.333. The Morgan fingerprint density at radius 3 is 2.52 bits per heavy atom. The van der Waals surface area contributed by atoms with Gasteiger partial charge in [0.2, 0.25) is 0 Å². The SMILES string of the molecule is C=CCc1ccc(OCC[NH2+]C(C)Cc2ccccc2)c(OC)c1.[Cl-]. The molecule has 1 atom stereocenters. The highest BCUT2D eigenvalue weighted by Crippen LogP contribution is 2.28. The third kappa shape index (κ3) is 7.20. The van der Waals surface area contributed by atoms with Crippen molar-refractivity contribution in [2.24, 2.45) is 0 Å². The van der Waals surface area contributed by atoms with E-state index in [2.05, 4.69) is 55.2 Å². The van der Waals surface area contributed by atoms with Gasteiger partial charge in [-0.1, -0.05) is 42.5 Å². The van der Waals surface area contributed by atoms with Crippen LogP contribution in [-0.4, -0.2) is 26.3 Å². The predicted molar refractivity (Wildman–Crippen MR) is 98.8 cm³/mol. The lowest BCUT2D eigenvalue weighted by molar-refractivity contribution is -0.686. The van der Waals surface area contributed by atoms with E-state index in [9.17, 15) is 0 Å². The first-order valence-corrected chi connectivity index (χ1v) is 8.50. The highest BCUT2D eigenvalue weighted by Gasteiger charge is 2.08. The van der Waals surface area contributed by atoms with Crippen LogP contribution in [0.25, 0.3) is 0 Å². The number of allylic oxidation sites excluding steroid dienone is 1. The Morgan fingerprint density at radius 1 is 1.08 bits per heavy atom. The van der Waals surface area contributed by atoms with Crippen LogP contribution in [0.4, 0.5) is 0 Å². The first-order valence-electron chi connectivity index (χ1n) is 8.50. The summed E-state index contributed by atoms with van der Waals surface area (Å²) in [5.41, 5.74) is 2.55. The third-order valence-corrected chi connectivity index (χ3v) is 3.95. The fourth-order valence-electron chi connectivity index (χ4n) is 2.72. The van der Waals surface area contributed by atoms with Gasteiger partial charge in [-0.3, -0.25) is 0 Å². The Labute approximate surface area is 157 Å². The summed E-state index contributed by atoms with van der Waals surface area (Å²) >= 11 is 0. The average molecular weight is 362 g/mol. The maximum absolute atomic E-state index is 5.88. The quantitative estimate of drug-likeness (QED) is 0.477. The Morgan fingerprint density at radius 2 is 1.84 bits per heavy atom. The van der Waals surface area contributed by atoms with Gasteiger partial charge in [-0.15, -0.1) is 6.58 Å². The molecule has 2 rings (SSSR count). The summed E-state index contributed by atoms with van der Waals surface area (Å²) in [5.74, 6) is 1.58. The average Bonchev–Trinajstić information content (AvgIpc) is 2.60. The molecule has 0 fully saturated rings. The molecule has 0 saturated heterocycles. The first-order chi connectivity index (χ1) is 11.7. The van der Waals surface area contributed by atoms with Gasteiger partial charge in [0.05, 0.1) is 13.2 Å². The van der Waals surface area contributed by atoms with Crippen LogP contribution in [0.3, 0.4) is 0 Å². The van der Waals surface area contributed by atoms with Crippen LogP contribution in [0.5, 0.6) is 11.5 Å². The van der Waals surface area contributed by atoms with Gasteiger partial charge in [-0.25, -0.2) is 0 Å². The minimum atomic E-state index is 0. The van der Waals surface area contributed by atoms with E-state index in [1.165, 1.54) is 11.1 Å². The lowest BCUT2D eigenvalue weighted by Crippen LogP contribution is -3.00. The van der Waals surface area contributed by atoms with Crippen molar-refractivity contribution in [1.29, 1.82) is 0 Å². The summed E-state index contributed by atoms with van der Waals surface area (Å²) in [6, 6.07) is 17.2. The summed E-state index contributed by atoms with van der Waals surface area (Å²) in [7, 11) is 1.67. The molecule has 0 aliphatic rings. The molecule has 0 aliphatic heterocycles. The fourth-order valence-corrected chi connectivity index (χ4v) is 2.72. The Kier molecular flexibility index (Phi) is 9.75. The van der Waals surface area contributed by atoms with Crippen molar-refractivity contribution >= 4 is 0 Å². The van der Waals surface area contributed by atoms with Gasteiger partial charge < -0.3 is 27.2 Å². The van der Waals surface area contributed by atoms with Crippen LogP contribution < -0.4 is 27.2 Å². The molecule has 1 unspecified atom stereocenters. The molecule has 4 heteroatoms. The van der Waals surface area contributed by atoms with Gasteiger partial charge in [-0.2, -0.15) is 0 Å².